The molecule has 0 radical (unpaired) electrons. The molecule has 34 heavy (non-hydrogen) atoms. The van der Waals surface area contributed by atoms with Crippen molar-refractivity contribution >= 4 is 54.3 Å². The number of aromatic nitrogens is 1. The molecule has 0 amide bonds. The smallest absolute Gasteiger partial charge is 0.0938 e. The summed E-state index contributed by atoms with van der Waals surface area (Å²) in [7, 11) is 0. The van der Waals surface area contributed by atoms with Crippen LogP contribution >= 0.6 is 39.0 Å². The number of halogens is 1. The number of benzene rings is 3. The zero-order valence-electron chi connectivity index (χ0n) is 19.3. The summed E-state index contributed by atoms with van der Waals surface area (Å²) in [5.74, 6) is 1.16. The standard InChI is InChI=1S/C29H29BrN2S2/c30-24-16-14-23(15-17-24)25-19-20-33-28(31-25)18-13-22-11-9-21(10-12-22)5-1-4-8-29-32-26-6-2-3-7-27(26)34-29/h2-3,6-7,9-12,14-17,25H,1,4-5,8,13,18-20H2. The van der Waals surface area contributed by atoms with Gasteiger partial charge in [-0.2, -0.15) is 0 Å². The molecule has 0 saturated carbocycles. The number of rotatable bonds is 9. The van der Waals surface area contributed by atoms with Gasteiger partial charge < -0.3 is 0 Å². The Hall–Kier alpha value is -1.95. The summed E-state index contributed by atoms with van der Waals surface area (Å²) in [5, 5.41) is 2.57. The molecule has 2 nitrogen and oxygen atoms in total. The third-order valence-corrected chi connectivity index (χ3v) is 9.02. The predicted octanol–water partition coefficient (Wildman–Crippen LogP) is 8.83. The van der Waals surface area contributed by atoms with Crippen molar-refractivity contribution in [1.29, 1.82) is 0 Å². The lowest BCUT2D eigenvalue weighted by molar-refractivity contribution is 0.701. The molecule has 0 bridgehead atoms. The third kappa shape index (κ3) is 6.38. The van der Waals surface area contributed by atoms with Gasteiger partial charge in [-0.15, -0.1) is 23.1 Å². The van der Waals surface area contributed by atoms with Crippen LogP contribution in [-0.2, 0) is 19.3 Å². The first kappa shape index (κ1) is 23.8. The zero-order chi connectivity index (χ0) is 23.2. The van der Waals surface area contributed by atoms with Gasteiger partial charge in [0, 0.05) is 10.2 Å². The van der Waals surface area contributed by atoms with E-state index < -0.39 is 0 Å². The van der Waals surface area contributed by atoms with Crippen LogP contribution in [0, 0.1) is 0 Å². The van der Waals surface area contributed by atoms with Crippen molar-refractivity contribution in [3.05, 3.63) is 99.0 Å². The maximum absolute atomic E-state index is 5.06. The second-order valence-corrected chi connectivity index (χ2v) is 12.0. The predicted molar refractivity (Wildman–Crippen MR) is 152 cm³/mol. The molecule has 3 aromatic carbocycles. The van der Waals surface area contributed by atoms with Gasteiger partial charge in [-0.05, 0) is 85.9 Å². The Balaban J connectivity index is 1.07. The number of para-hydroxylation sites is 1. The van der Waals surface area contributed by atoms with E-state index in [1.807, 2.05) is 23.1 Å². The second-order valence-electron chi connectivity index (χ2n) is 8.83. The van der Waals surface area contributed by atoms with Crippen LogP contribution < -0.4 is 0 Å². The molecule has 5 rings (SSSR count). The van der Waals surface area contributed by atoms with Crippen LogP contribution in [-0.4, -0.2) is 15.8 Å². The average Bonchev–Trinajstić information content (AvgIpc) is 3.30. The quantitative estimate of drug-likeness (QED) is 0.195. The Morgan fingerprint density at radius 3 is 2.32 bits per heavy atom. The Morgan fingerprint density at radius 2 is 1.53 bits per heavy atom. The van der Waals surface area contributed by atoms with E-state index in [1.54, 1.807) is 0 Å². The second kappa shape index (κ2) is 11.7. The van der Waals surface area contributed by atoms with Gasteiger partial charge in [0.25, 0.3) is 0 Å². The highest BCUT2D eigenvalue weighted by Gasteiger charge is 2.17. The number of nitrogens with zero attached hydrogens (tertiary/aromatic N) is 2. The number of hydrogen-bond acceptors (Lipinski definition) is 4. The van der Waals surface area contributed by atoms with Crippen molar-refractivity contribution in [2.24, 2.45) is 4.99 Å². The molecule has 1 aliphatic heterocycles. The van der Waals surface area contributed by atoms with Crippen molar-refractivity contribution in [3.8, 4) is 0 Å². The molecule has 0 saturated heterocycles. The largest absolute Gasteiger partial charge is 0.275 e. The van der Waals surface area contributed by atoms with Gasteiger partial charge in [-0.1, -0.05) is 64.5 Å². The normalized spacial score (nSPS) is 16.0. The maximum atomic E-state index is 5.06. The maximum Gasteiger partial charge on any atom is 0.0938 e. The van der Waals surface area contributed by atoms with Crippen molar-refractivity contribution in [2.75, 3.05) is 5.75 Å². The van der Waals surface area contributed by atoms with Gasteiger partial charge in [0.2, 0.25) is 0 Å². The van der Waals surface area contributed by atoms with Crippen LogP contribution in [0.4, 0.5) is 0 Å². The van der Waals surface area contributed by atoms with Gasteiger partial charge in [-0.25, -0.2) is 4.98 Å². The topological polar surface area (TPSA) is 25.2 Å². The fraction of sp³-hybridized carbons (Fsp3) is 0.310. The van der Waals surface area contributed by atoms with Crippen LogP contribution in [0.1, 0.15) is 53.4 Å². The Labute approximate surface area is 219 Å². The first-order chi connectivity index (χ1) is 16.7. The lowest BCUT2D eigenvalue weighted by Crippen LogP contribution is -2.09. The lowest BCUT2D eigenvalue weighted by atomic mass is 10.0. The average molecular weight is 550 g/mol. The molecule has 1 aromatic heterocycles. The molecule has 0 N–H and O–H groups in total. The summed E-state index contributed by atoms with van der Waals surface area (Å²) in [6.07, 6.45) is 7.86. The number of aryl methyl sites for hydroxylation is 3. The van der Waals surface area contributed by atoms with Crippen LogP contribution in [0.15, 0.2) is 82.3 Å². The number of thioether (sulfide) groups is 1. The van der Waals surface area contributed by atoms with Gasteiger partial charge >= 0.3 is 0 Å². The number of aliphatic imine (C=N–C) groups is 1. The van der Waals surface area contributed by atoms with E-state index in [-0.39, 0.29) is 0 Å². The van der Waals surface area contributed by atoms with Gasteiger partial charge in [0.05, 0.1) is 26.3 Å². The van der Waals surface area contributed by atoms with E-state index in [2.05, 4.69) is 88.7 Å². The molecule has 174 valence electrons. The molecule has 4 aromatic rings. The summed E-state index contributed by atoms with van der Waals surface area (Å²) >= 11 is 7.30. The van der Waals surface area contributed by atoms with E-state index in [4.69, 9.17) is 9.98 Å². The molecule has 1 aliphatic rings. The number of unbranched alkanes of at least 4 members (excludes halogenated alkanes) is 1. The van der Waals surface area contributed by atoms with E-state index >= 15 is 0 Å². The molecule has 0 aliphatic carbocycles. The first-order valence-electron chi connectivity index (χ1n) is 12.1. The summed E-state index contributed by atoms with van der Waals surface area (Å²) in [6.45, 7) is 0. The van der Waals surface area contributed by atoms with Crippen LogP contribution in [0.25, 0.3) is 10.2 Å². The molecule has 1 atom stereocenters. The molecule has 2 heterocycles. The van der Waals surface area contributed by atoms with Crippen molar-refractivity contribution in [3.63, 3.8) is 0 Å². The minimum absolute atomic E-state index is 0.314. The molecular weight excluding hydrogens is 520 g/mol. The van der Waals surface area contributed by atoms with Crippen LogP contribution in [0.5, 0.6) is 0 Å². The highest BCUT2D eigenvalue weighted by molar-refractivity contribution is 9.10. The number of hydrogen-bond donors (Lipinski definition) is 0. The van der Waals surface area contributed by atoms with E-state index in [0.717, 1.165) is 47.8 Å². The summed E-state index contributed by atoms with van der Waals surface area (Å²) in [6, 6.07) is 26.6. The minimum atomic E-state index is 0.314. The van der Waals surface area contributed by atoms with Crippen molar-refractivity contribution < 1.29 is 0 Å². The molecule has 1 unspecified atom stereocenters. The highest BCUT2D eigenvalue weighted by atomic mass is 79.9. The minimum Gasteiger partial charge on any atom is -0.275 e. The van der Waals surface area contributed by atoms with Crippen LogP contribution in [0.2, 0.25) is 0 Å². The van der Waals surface area contributed by atoms with Crippen molar-refractivity contribution in [2.45, 2.75) is 51.0 Å². The Morgan fingerprint density at radius 1 is 0.794 bits per heavy atom. The number of fused-ring (bicyclic) bond motifs is 1. The Kier molecular flexibility index (Phi) is 8.15. The zero-order valence-corrected chi connectivity index (χ0v) is 22.5. The van der Waals surface area contributed by atoms with Gasteiger partial charge in [0.1, 0.15) is 0 Å². The summed E-state index contributed by atoms with van der Waals surface area (Å²) in [5.41, 5.74) is 5.31. The molecule has 0 fully saturated rings. The molecule has 0 spiro atoms. The lowest BCUT2D eigenvalue weighted by Gasteiger charge is -2.20. The number of thiazole rings is 1. The van der Waals surface area contributed by atoms with E-state index in [9.17, 15) is 0 Å². The van der Waals surface area contributed by atoms with Crippen LogP contribution in [0.3, 0.4) is 0 Å². The van der Waals surface area contributed by atoms with Gasteiger partial charge in [0.15, 0.2) is 0 Å². The monoisotopic (exact) mass is 548 g/mol. The molecular formula is C29H29BrN2S2. The Bertz CT molecular complexity index is 1210. The van der Waals surface area contributed by atoms with E-state index in [0.29, 0.717) is 6.04 Å². The molecule has 5 heteroatoms. The summed E-state index contributed by atoms with van der Waals surface area (Å²) < 4.78 is 2.43. The van der Waals surface area contributed by atoms with E-state index in [1.165, 1.54) is 44.3 Å². The SMILES string of the molecule is Brc1ccc(C2CCSC(CCc3ccc(CCCCc4nc5ccccc5s4)cc3)=N2)cc1. The third-order valence-electron chi connectivity index (χ3n) is 6.31. The summed E-state index contributed by atoms with van der Waals surface area (Å²) in [4.78, 5) is 9.82. The fourth-order valence-corrected chi connectivity index (χ4v) is 6.68. The van der Waals surface area contributed by atoms with Crippen molar-refractivity contribution in [1.82, 2.24) is 4.98 Å². The van der Waals surface area contributed by atoms with Gasteiger partial charge in [-0.3, -0.25) is 4.99 Å². The first-order valence-corrected chi connectivity index (χ1v) is 14.7. The highest BCUT2D eigenvalue weighted by Crippen LogP contribution is 2.31. The fourth-order valence-electron chi connectivity index (χ4n) is 4.38.